The van der Waals surface area contributed by atoms with Gasteiger partial charge in [0.15, 0.2) is 0 Å². The quantitative estimate of drug-likeness (QED) is 0.640. The minimum absolute atomic E-state index is 0.345. The molecule has 0 spiro atoms. The van der Waals surface area contributed by atoms with Crippen LogP contribution < -0.4 is 5.32 Å². The summed E-state index contributed by atoms with van der Waals surface area (Å²) in [6.45, 7) is 1.48. The third-order valence-corrected chi connectivity index (χ3v) is 4.08. The van der Waals surface area contributed by atoms with Gasteiger partial charge in [-0.3, -0.25) is 0 Å². The topological polar surface area (TPSA) is 32.3 Å². The van der Waals surface area contributed by atoms with Gasteiger partial charge in [0, 0.05) is 17.9 Å². The number of hydrogen-bond acceptors (Lipinski definition) is 3. The van der Waals surface area contributed by atoms with Crippen LogP contribution in [0.25, 0.3) is 0 Å². The Balaban J connectivity index is 1.92. The summed E-state index contributed by atoms with van der Waals surface area (Å²) in [7, 11) is 0. The lowest BCUT2D eigenvalue weighted by molar-refractivity contribution is 0.282. The third kappa shape index (κ3) is 4.67. The SMILES string of the molecule is CSC1CCC(NCCCCCO)C1. The van der Waals surface area contributed by atoms with Gasteiger partial charge in [0.25, 0.3) is 0 Å². The van der Waals surface area contributed by atoms with E-state index in [9.17, 15) is 0 Å². The summed E-state index contributed by atoms with van der Waals surface area (Å²) in [6, 6.07) is 0.765. The second-order valence-electron chi connectivity index (χ2n) is 4.11. The first kappa shape index (κ1) is 12.3. The van der Waals surface area contributed by atoms with Crippen molar-refractivity contribution in [1.82, 2.24) is 5.32 Å². The molecule has 1 aliphatic carbocycles. The molecular weight excluding hydrogens is 194 g/mol. The summed E-state index contributed by atoms with van der Waals surface area (Å²) < 4.78 is 0. The molecule has 0 aromatic carbocycles. The van der Waals surface area contributed by atoms with Crippen LogP contribution in [0.3, 0.4) is 0 Å². The first-order chi connectivity index (χ1) is 6.86. The van der Waals surface area contributed by atoms with Crippen molar-refractivity contribution in [2.24, 2.45) is 0 Å². The predicted molar refractivity (Wildman–Crippen MR) is 63.9 cm³/mol. The molecule has 14 heavy (non-hydrogen) atoms. The lowest BCUT2D eigenvalue weighted by Gasteiger charge is -2.12. The average Bonchev–Trinajstić information content (AvgIpc) is 2.65. The maximum absolute atomic E-state index is 8.62. The van der Waals surface area contributed by atoms with Crippen LogP contribution in [0.5, 0.6) is 0 Å². The summed E-state index contributed by atoms with van der Waals surface area (Å²) >= 11 is 2.01. The first-order valence-electron chi connectivity index (χ1n) is 5.74. The highest BCUT2D eigenvalue weighted by atomic mass is 32.2. The van der Waals surface area contributed by atoms with Crippen molar-refractivity contribution in [2.75, 3.05) is 19.4 Å². The summed E-state index contributed by atoms with van der Waals surface area (Å²) in [6.07, 6.45) is 9.62. The van der Waals surface area contributed by atoms with Gasteiger partial charge in [0.05, 0.1) is 0 Å². The zero-order chi connectivity index (χ0) is 10.2. The molecule has 2 nitrogen and oxygen atoms in total. The number of hydrogen-bond donors (Lipinski definition) is 2. The molecule has 0 aliphatic heterocycles. The van der Waals surface area contributed by atoms with E-state index in [1.807, 2.05) is 11.8 Å². The van der Waals surface area contributed by atoms with E-state index in [1.165, 1.54) is 25.7 Å². The molecule has 84 valence electrons. The van der Waals surface area contributed by atoms with Crippen molar-refractivity contribution in [1.29, 1.82) is 0 Å². The van der Waals surface area contributed by atoms with Gasteiger partial charge in [0.1, 0.15) is 0 Å². The van der Waals surface area contributed by atoms with Crippen LogP contribution >= 0.6 is 11.8 Å². The fourth-order valence-corrected chi connectivity index (χ4v) is 2.86. The Kier molecular flexibility index (Phi) is 6.65. The van der Waals surface area contributed by atoms with Crippen molar-refractivity contribution < 1.29 is 5.11 Å². The Labute approximate surface area is 91.9 Å². The van der Waals surface area contributed by atoms with E-state index in [-0.39, 0.29) is 0 Å². The number of unbranched alkanes of at least 4 members (excludes halogenated alkanes) is 2. The predicted octanol–water partition coefficient (Wildman–Crippen LogP) is 2.02. The molecule has 2 unspecified atom stereocenters. The molecule has 0 aromatic heterocycles. The molecule has 0 aromatic rings. The van der Waals surface area contributed by atoms with E-state index in [2.05, 4.69) is 11.6 Å². The standard InChI is InChI=1S/C11H23NOS/c1-14-11-6-5-10(9-11)12-7-3-2-4-8-13/h10-13H,2-9H2,1H3. The van der Waals surface area contributed by atoms with Crippen molar-refractivity contribution in [3.8, 4) is 0 Å². The van der Waals surface area contributed by atoms with Gasteiger partial charge in [-0.25, -0.2) is 0 Å². The molecule has 1 rings (SSSR count). The highest BCUT2D eigenvalue weighted by molar-refractivity contribution is 7.99. The van der Waals surface area contributed by atoms with E-state index in [4.69, 9.17) is 5.11 Å². The number of rotatable bonds is 7. The van der Waals surface area contributed by atoms with Crippen molar-refractivity contribution in [3.63, 3.8) is 0 Å². The van der Waals surface area contributed by atoms with E-state index >= 15 is 0 Å². The zero-order valence-corrected chi connectivity index (χ0v) is 9.98. The highest BCUT2D eigenvalue weighted by Crippen LogP contribution is 2.27. The van der Waals surface area contributed by atoms with Crippen LogP contribution in [0.15, 0.2) is 0 Å². The molecule has 1 aliphatic rings. The van der Waals surface area contributed by atoms with Gasteiger partial charge in [-0.2, -0.15) is 11.8 Å². The second-order valence-corrected chi connectivity index (χ2v) is 5.24. The first-order valence-corrected chi connectivity index (χ1v) is 7.02. The molecular formula is C11H23NOS. The fourth-order valence-electron chi connectivity index (χ4n) is 2.06. The van der Waals surface area contributed by atoms with Crippen LogP contribution in [-0.4, -0.2) is 35.8 Å². The Hall–Kier alpha value is 0.270. The van der Waals surface area contributed by atoms with Crippen molar-refractivity contribution in [3.05, 3.63) is 0 Å². The third-order valence-electron chi connectivity index (χ3n) is 2.99. The molecule has 0 heterocycles. The van der Waals surface area contributed by atoms with E-state index in [1.54, 1.807) is 0 Å². The lowest BCUT2D eigenvalue weighted by atomic mass is 10.2. The fraction of sp³-hybridized carbons (Fsp3) is 1.00. The van der Waals surface area contributed by atoms with Gasteiger partial charge in [-0.15, -0.1) is 0 Å². The number of thioether (sulfide) groups is 1. The van der Waals surface area contributed by atoms with Gasteiger partial charge in [-0.05, 0) is 51.3 Å². The molecule has 1 saturated carbocycles. The van der Waals surface area contributed by atoms with Crippen molar-refractivity contribution >= 4 is 11.8 Å². The maximum atomic E-state index is 8.62. The molecule has 3 heteroatoms. The van der Waals surface area contributed by atoms with Crippen LogP contribution in [0.1, 0.15) is 38.5 Å². The largest absolute Gasteiger partial charge is 0.396 e. The zero-order valence-electron chi connectivity index (χ0n) is 9.17. The molecule has 0 radical (unpaired) electrons. The lowest BCUT2D eigenvalue weighted by Crippen LogP contribution is -2.27. The number of aliphatic hydroxyl groups excluding tert-OH is 1. The number of aliphatic hydroxyl groups is 1. The number of nitrogens with one attached hydrogen (secondary N) is 1. The molecule has 0 amide bonds. The summed E-state index contributed by atoms with van der Waals surface area (Å²) in [4.78, 5) is 0. The van der Waals surface area contributed by atoms with Gasteiger partial charge in [-0.1, -0.05) is 0 Å². The monoisotopic (exact) mass is 217 g/mol. The Morgan fingerprint density at radius 3 is 2.79 bits per heavy atom. The maximum Gasteiger partial charge on any atom is 0.0431 e. The van der Waals surface area contributed by atoms with Crippen LogP contribution in [0.4, 0.5) is 0 Å². The van der Waals surface area contributed by atoms with E-state index in [0.29, 0.717) is 6.61 Å². The van der Waals surface area contributed by atoms with Crippen LogP contribution in [0, 0.1) is 0 Å². The Morgan fingerprint density at radius 1 is 1.29 bits per heavy atom. The Bertz CT molecular complexity index is 143. The molecule has 1 fully saturated rings. The van der Waals surface area contributed by atoms with Crippen molar-refractivity contribution in [2.45, 2.75) is 49.8 Å². The summed E-state index contributed by atoms with van der Waals surface area (Å²) in [5.41, 5.74) is 0. The summed E-state index contributed by atoms with van der Waals surface area (Å²) in [5.74, 6) is 0. The average molecular weight is 217 g/mol. The summed E-state index contributed by atoms with van der Waals surface area (Å²) in [5, 5.41) is 13.1. The minimum Gasteiger partial charge on any atom is -0.396 e. The molecule has 2 N–H and O–H groups in total. The van der Waals surface area contributed by atoms with Crippen LogP contribution in [-0.2, 0) is 0 Å². The molecule has 0 saturated heterocycles. The van der Waals surface area contributed by atoms with Gasteiger partial charge < -0.3 is 10.4 Å². The Morgan fingerprint density at radius 2 is 2.14 bits per heavy atom. The molecule has 2 atom stereocenters. The molecule has 0 bridgehead atoms. The van der Waals surface area contributed by atoms with E-state index in [0.717, 1.165) is 30.7 Å². The highest BCUT2D eigenvalue weighted by Gasteiger charge is 2.22. The second kappa shape index (κ2) is 7.55. The van der Waals surface area contributed by atoms with Gasteiger partial charge in [0.2, 0.25) is 0 Å². The van der Waals surface area contributed by atoms with Gasteiger partial charge >= 0.3 is 0 Å². The van der Waals surface area contributed by atoms with Crippen LogP contribution in [0.2, 0.25) is 0 Å². The minimum atomic E-state index is 0.345. The smallest absolute Gasteiger partial charge is 0.0431 e. The van der Waals surface area contributed by atoms with E-state index < -0.39 is 0 Å². The normalized spacial score (nSPS) is 27.0.